The molecule has 1 unspecified atom stereocenters. The van der Waals surface area contributed by atoms with Gasteiger partial charge in [-0.05, 0) is 92.7 Å². The zero-order valence-corrected chi connectivity index (χ0v) is 39.4. The van der Waals surface area contributed by atoms with Crippen LogP contribution in [-0.2, 0) is 29.1 Å². The summed E-state index contributed by atoms with van der Waals surface area (Å²) in [4.78, 5) is 69.7. The predicted molar refractivity (Wildman–Crippen MR) is 266 cm³/mol. The van der Waals surface area contributed by atoms with Crippen LogP contribution in [0.1, 0.15) is 53.6 Å². The van der Waals surface area contributed by atoms with Crippen LogP contribution >= 0.6 is 24.0 Å². The fraction of sp³-hybridized carbons (Fsp3) is 0.373. The number of fused-ring (bicyclic) bond motifs is 2. The second-order valence-corrected chi connectivity index (χ2v) is 18.2. The first-order valence-corrected chi connectivity index (χ1v) is 23.2. The number of pyridine rings is 1. The van der Waals surface area contributed by atoms with Crippen molar-refractivity contribution in [1.29, 1.82) is 0 Å². The van der Waals surface area contributed by atoms with Crippen LogP contribution in [0.3, 0.4) is 0 Å². The first kappa shape index (κ1) is 49.2. The Morgan fingerprint density at radius 2 is 1.61 bits per heavy atom. The van der Waals surface area contributed by atoms with Crippen LogP contribution in [0, 0.1) is 5.92 Å². The number of nitrogens with one attached hydrogen (secondary N) is 2. The highest BCUT2D eigenvalue weighted by Crippen LogP contribution is 2.30. The van der Waals surface area contributed by atoms with E-state index in [4.69, 9.17) is 22.3 Å². The smallest absolute Gasteiger partial charge is 0.261 e. The average molecular weight is 949 g/mol. The summed E-state index contributed by atoms with van der Waals surface area (Å²) in [6.45, 7) is 6.06. The zero-order valence-electron chi connectivity index (χ0n) is 37.8. The molecule has 5 N–H and O–H groups in total. The number of nitrogens with two attached hydrogens (primary N) is 1. The van der Waals surface area contributed by atoms with Gasteiger partial charge in [-0.3, -0.25) is 23.7 Å². The highest BCUT2D eigenvalue weighted by Gasteiger charge is 2.36. The third kappa shape index (κ3) is 12.4. The van der Waals surface area contributed by atoms with Crippen LogP contribution in [0.15, 0.2) is 108 Å². The Labute approximate surface area is 401 Å². The predicted octanol–water partition coefficient (Wildman–Crippen LogP) is 6.14. The topological polar surface area (TPSA) is 179 Å². The molecule has 0 bridgehead atoms. The van der Waals surface area contributed by atoms with Gasteiger partial charge in [-0.2, -0.15) is 0 Å². The Morgan fingerprint density at radius 3 is 2.37 bits per heavy atom. The van der Waals surface area contributed by atoms with Crippen LogP contribution in [0.25, 0.3) is 33.1 Å². The normalized spacial score (nSPS) is 15.8. The molecule has 2 aliphatic rings. The molecule has 4 aromatic carbocycles. The van der Waals surface area contributed by atoms with Crippen molar-refractivity contribution in [3.63, 3.8) is 0 Å². The summed E-state index contributed by atoms with van der Waals surface area (Å²) in [5, 5.41) is 19.4. The molecule has 2 fully saturated rings. The molecule has 0 spiro atoms. The summed E-state index contributed by atoms with van der Waals surface area (Å²) in [6, 6.07) is 29.9. The Kier molecular flexibility index (Phi) is 16.4. The van der Waals surface area contributed by atoms with E-state index in [0.29, 0.717) is 110 Å². The average Bonchev–Trinajstić information content (AvgIpc) is 3.33. The van der Waals surface area contributed by atoms with Gasteiger partial charge in [-0.1, -0.05) is 66.2 Å². The number of halogens is 2. The van der Waals surface area contributed by atoms with Crippen molar-refractivity contribution in [2.24, 2.45) is 11.7 Å². The second kappa shape index (κ2) is 22.4. The van der Waals surface area contributed by atoms with Crippen molar-refractivity contribution < 1.29 is 19.5 Å². The quantitative estimate of drug-likeness (QED) is 0.0824. The molecule has 352 valence electrons. The lowest BCUT2D eigenvalue weighted by Gasteiger charge is -2.39. The third-order valence-electron chi connectivity index (χ3n) is 13.0. The van der Waals surface area contributed by atoms with Crippen molar-refractivity contribution in [3.8, 4) is 11.3 Å². The minimum atomic E-state index is -1.21. The van der Waals surface area contributed by atoms with Gasteiger partial charge < -0.3 is 36.2 Å². The van der Waals surface area contributed by atoms with E-state index in [-0.39, 0.29) is 48.2 Å². The molecule has 14 nitrogen and oxygen atoms in total. The van der Waals surface area contributed by atoms with Crippen molar-refractivity contribution in [1.82, 2.24) is 34.6 Å². The van der Waals surface area contributed by atoms with Gasteiger partial charge in [0.05, 0.1) is 45.6 Å². The standard InChI is InChI=1S/C51H58ClN9O5.ClH/c1-58-23-25-59(26-24-58)20-16-47(62)56-40-13-15-42-45(30-40)55-34-61(50(42)65)33-51(66)17-21-60(22-18-51)49(64)39(27-35-7-3-2-4-8-35)11-6-19-54-48(63)38-12-14-41-43(52)31-44(57-46(41)29-38)37-10-5-9-36(28-37)32-53;/h2-5,7-10,12-15,28-31,34,39,66H,6,11,16-27,32-33,53H2,1H3,(H,54,63)(H,56,62);1H. The van der Waals surface area contributed by atoms with Crippen LogP contribution in [0.4, 0.5) is 5.69 Å². The van der Waals surface area contributed by atoms with Crippen LogP contribution < -0.4 is 21.9 Å². The van der Waals surface area contributed by atoms with Gasteiger partial charge in [0.15, 0.2) is 0 Å². The van der Waals surface area contributed by atoms with Crippen molar-refractivity contribution in [2.75, 3.05) is 64.7 Å². The maximum atomic E-state index is 14.2. The number of carbonyl (C=O) groups excluding carboxylic acids is 3. The molecule has 0 saturated carbocycles. The largest absolute Gasteiger partial charge is 0.388 e. The molecule has 16 heteroatoms. The SMILES string of the molecule is CN1CCN(CCC(=O)Nc2ccc3c(=O)n(CC4(O)CCN(C(=O)C(CCCNC(=O)c5ccc6c(Cl)cc(-c7cccc(CN)c7)nc6c5)Cc5ccccc5)CC4)cnc3c2)CC1.Cl. The van der Waals surface area contributed by atoms with Gasteiger partial charge in [-0.25, -0.2) is 9.97 Å². The summed E-state index contributed by atoms with van der Waals surface area (Å²) in [7, 11) is 2.10. The fourth-order valence-electron chi connectivity index (χ4n) is 8.98. The number of piperazine rings is 1. The number of rotatable bonds is 16. The van der Waals surface area contributed by atoms with E-state index in [9.17, 15) is 24.3 Å². The van der Waals surface area contributed by atoms with E-state index in [1.165, 1.54) is 10.9 Å². The van der Waals surface area contributed by atoms with E-state index in [1.54, 1.807) is 36.4 Å². The number of likely N-dealkylation sites (tertiary alicyclic amines) is 1. The highest BCUT2D eigenvalue weighted by molar-refractivity contribution is 6.35. The first-order valence-electron chi connectivity index (χ1n) is 22.9. The Morgan fingerprint density at radius 1 is 0.866 bits per heavy atom. The maximum Gasteiger partial charge on any atom is 0.261 e. The van der Waals surface area contributed by atoms with Gasteiger partial charge in [-0.15, -0.1) is 12.4 Å². The Bertz CT molecular complexity index is 2760. The van der Waals surface area contributed by atoms with E-state index in [1.807, 2.05) is 65.6 Å². The van der Waals surface area contributed by atoms with Crippen LogP contribution in [0.5, 0.6) is 0 Å². The van der Waals surface area contributed by atoms with E-state index in [2.05, 4.69) is 32.5 Å². The number of carbonyl (C=O) groups is 3. The second-order valence-electron chi connectivity index (χ2n) is 17.8. The number of aromatic nitrogens is 3. The molecule has 2 aromatic heterocycles. The minimum Gasteiger partial charge on any atom is -0.388 e. The molecule has 4 heterocycles. The molecule has 67 heavy (non-hydrogen) atoms. The fourth-order valence-corrected chi connectivity index (χ4v) is 9.24. The number of likely N-dealkylation sites (N-methyl/N-ethyl adjacent to an activating group) is 1. The Hall–Kier alpha value is -5.74. The Balaban J connectivity index is 0.00000666. The number of amides is 3. The van der Waals surface area contributed by atoms with Crippen molar-refractivity contribution >= 4 is 69.2 Å². The highest BCUT2D eigenvalue weighted by atomic mass is 35.5. The van der Waals surface area contributed by atoms with Gasteiger partial charge >= 0.3 is 0 Å². The lowest BCUT2D eigenvalue weighted by atomic mass is 9.88. The summed E-state index contributed by atoms with van der Waals surface area (Å²) in [6.07, 6.45) is 4.09. The van der Waals surface area contributed by atoms with Crippen LogP contribution in [-0.4, -0.2) is 117 Å². The molecule has 2 saturated heterocycles. The molecule has 6 aromatic rings. The van der Waals surface area contributed by atoms with Gasteiger partial charge in [0.1, 0.15) is 0 Å². The molecule has 0 radical (unpaired) electrons. The number of hydrogen-bond donors (Lipinski definition) is 4. The van der Waals surface area contributed by atoms with Gasteiger partial charge in [0.25, 0.3) is 11.5 Å². The number of hydrogen-bond acceptors (Lipinski definition) is 10. The molecule has 2 aliphatic heterocycles. The monoisotopic (exact) mass is 947 g/mol. The summed E-state index contributed by atoms with van der Waals surface area (Å²) in [5.41, 5.74) is 10.1. The summed E-state index contributed by atoms with van der Waals surface area (Å²) in [5.74, 6) is -0.664. The van der Waals surface area contributed by atoms with Gasteiger partial charge in [0, 0.05) is 93.4 Å². The lowest BCUT2D eigenvalue weighted by Crippen LogP contribution is -2.51. The number of anilines is 1. The summed E-state index contributed by atoms with van der Waals surface area (Å²) >= 11 is 6.66. The molecule has 8 rings (SSSR count). The third-order valence-corrected chi connectivity index (χ3v) is 13.3. The molecular weight excluding hydrogens is 890 g/mol. The van der Waals surface area contributed by atoms with Crippen molar-refractivity contribution in [2.45, 2.75) is 57.2 Å². The number of benzene rings is 4. The van der Waals surface area contributed by atoms with Crippen molar-refractivity contribution in [3.05, 3.63) is 135 Å². The first-order chi connectivity index (χ1) is 31.9. The molecular formula is C51H59Cl2N9O5. The van der Waals surface area contributed by atoms with E-state index >= 15 is 0 Å². The molecule has 0 aliphatic carbocycles. The number of piperidine rings is 1. The minimum absolute atomic E-state index is 0. The number of nitrogens with zero attached hydrogens (tertiary/aromatic N) is 6. The lowest BCUT2D eigenvalue weighted by molar-refractivity contribution is -0.140. The van der Waals surface area contributed by atoms with E-state index in [0.717, 1.165) is 48.3 Å². The molecule has 1 atom stereocenters. The van der Waals surface area contributed by atoms with Crippen LogP contribution in [0.2, 0.25) is 5.02 Å². The van der Waals surface area contributed by atoms with Gasteiger partial charge in [0.2, 0.25) is 11.8 Å². The zero-order chi connectivity index (χ0) is 46.2. The number of aliphatic hydroxyl groups is 1. The summed E-state index contributed by atoms with van der Waals surface area (Å²) < 4.78 is 1.43. The molecule has 3 amide bonds. The van der Waals surface area contributed by atoms with E-state index < -0.39 is 5.60 Å². The maximum absolute atomic E-state index is 14.2.